The van der Waals surface area contributed by atoms with E-state index < -0.39 is 0 Å². The molecular formula is C24H28N2O3. The summed E-state index contributed by atoms with van der Waals surface area (Å²) >= 11 is 0. The number of morpholine rings is 1. The fourth-order valence-electron chi connectivity index (χ4n) is 4.31. The van der Waals surface area contributed by atoms with Gasteiger partial charge in [0.1, 0.15) is 5.75 Å². The van der Waals surface area contributed by atoms with E-state index in [9.17, 15) is 4.79 Å². The summed E-state index contributed by atoms with van der Waals surface area (Å²) in [4.78, 5) is 18.6. The summed E-state index contributed by atoms with van der Waals surface area (Å²) in [5.74, 6) is 0.949. The number of rotatable bonds is 5. The molecule has 0 aliphatic carbocycles. The largest absolute Gasteiger partial charge is 0.497 e. The highest BCUT2D eigenvalue weighted by Gasteiger charge is 2.29. The van der Waals surface area contributed by atoms with E-state index >= 15 is 0 Å². The molecule has 1 amide bonds. The predicted molar refractivity (Wildman–Crippen MR) is 114 cm³/mol. The number of H-pyrrole nitrogens is 1. The first-order chi connectivity index (χ1) is 14.0. The molecule has 0 bridgehead atoms. The third-order valence-electron chi connectivity index (χ3n) is 5.67. The lowest BCUT2D eigenvalue weighted by Crippen LogP contribution is -2.48. The SMILES string of the molecule is COc1ccc([C@H](CC(=O)N2C[C@@H](C)O[C@@H](C)C2)c2c[nH]c3ccccc23)cc1. The van der Waals surface area contributed by atoms with Gasteiger partial charge in [0.05, 0.1) is 19.3 Å². The van der Waals surface area contributed by atoms with Crippen molar-refractivity contribution in [3.8, 4) is 5.75 Å². The van der Waals surface area contributed by atoms with Crippen molar-refractivity contribution in [1.29, 1.82) is 0 Å². The molecule has 0 radical (unpaired) electrons. The molecule has 29 heavy (non-hydrogen) atoms. The predicted octanol–water partition coefficient (Wildman–Crippen LogP) is 4.33. The zero-order valence-corrected chi connectivity index (χ0v) is 17.2. The van der Waals surface area contributed by atoms with Crippen LogP contribution in [0.1, 0.15) is 37.3 Å². The summed E-state index contributed by atoms with van der Waals surface area (Å²) in [5, 5.41) is 1.16. The Morgan fingerprint density at radius 3 is 2.52 bits per heavy atom. The Morgan fingerprint density at radius 2 is 1.83 bits per heavy atom. The van der Waals surface area contributed by atoms with Crippen molar-refractivity contribution < 1.29 is 14.3 Å². The minimum absolute atomic E-state index is 0.0296. The molecular weight excluding hydrogens is 364 g/mol. The van der Waals surface area contributed by atoms with Crippen LogP contribution in [0.4, 0.5) is 0 Å². The van der Waals surface area contributed by atoms with Gasteiger partial charge >= 0.3 is 0 Å². The van der Waals surface area contributed by atoms with Gasteiger partial charge in [-0.25, -0.2) is 0 Å². The molecule has 5 heteroatoms. The maximum atomic E-state index is 13.3. The summed E-state index contributed by atoms with van der Waals surface area (Å²) in [7, 11) is 1.66. The van der Waals surface area contributed by atoms with E-state index in [4.69, 9.17) is 9.47 Å². The third-order valence-corrected chi connectivity index (χ3v) is 5.67. The number of hydrogen-bond donors (Lipinski definition) is 1. The Morgan fingerprint density at radius 1 is 1.14 bits per heavy atom. The first kappa shape index (κ1) is 19.5. The summed E-state index contributed by atoms with van der Waals surface area (Å²) in [6.07, 6.45) is 2.59. The molecule has 1 saturated heterocycles. The minimum atomic E-state index is -0.0296. The number of para-hydroxylation sites is 1. The van der Waals surface area contributed by atoms with Gasteiger partial charge in [-0.2, -0.15) is 0 Å². The standard InChI is InChI=1S/C24H28N2O3/c1-16-14-26(15-17(2)29-16)24(27)12-21(18-8-10-19(28-3)11-9-18)22-13-25-23-7-5-4-6-20(22)23/h4-11,13,16-17,21,25H,12,14-15H2,1-3H3/t16-,17+,21-/m0/s1. The number of ether oxygens (including phenoxy) is 2. The molecule has 3 atom stereocenters. The van der Waals surface area contributed by atoms with Crippen LogP contribution in [-0.4, -0.2) is 48.2 Å². The second-order valence-corrected chi connectivity index (χ2v) is 7.88. The molecule has 1 aliphatic heterocycles. The lowest BCUT2D eigenvalue weighted by molar-refractivity contribution is -0.143. The average molecular weight is 392 g/mol. The molecule has 1 N–H and O–H groups in total. The van der Waals surface area contributed by atoms with Crippen molar-refractivity contribution >= 4 is 16.8 Å². The maximum absolute atomic E-state index is 13.3. The van der Waals surface area contributed by atoms with Crippen molar-refractivity contribution in [3.05, 3.63) is 65.9 Å². The van der Waals surface area contributed by atoms with Crippen molar-refractivity contribution in [1.82, 2.24) is 9.88 Å². The number of aromatic nitrogens is 1. The molecule has 4 rings (SSSR count). The summed E-state index contributed by atoms with van der Waals surface area (Å²) in [5.41, 5.74) is 3.34. The number of benzene rings is 2. The third kappa shape index (κ3) is 4.15. The quantitative estimate of drug-likeness (QED) is 0.703. The molecule has 3 aromatic rings. The van der Waals surface area contributed by atoms with E-state index in [1.807, 2.05) is 49.2 Å². The Labute approximate surface area is 171 Å². The number of carbonyl (C=O) groups excluding carboxylic acids is 1. The molecule has 1 aliphatic rings. The van der Waals surface area contributed by atoms with Crippen LogP contribution < -0.4 is 4.74 Å². The smallest absolute Gasteiger partial charge is 0.223 e. The van der Waals surface area contributed by atoms with Crippen LogP contribution in [0.5, 0.6) is 5.75 Å². The summed E-state index contributed by atoms with van der Waals surface area (Å²) in [6.45, 7) is 5.34. The van der Waals surface area contributed by atoms with Gasteiger partial charge in [0, 0.05) is 42.5 Å². The van der Waals surface area contributed by atoms with Crippen molar-refractivity contribution in [2.24, 2.45) is 0 Å². The number of hydrogen-bond acceptors (Lipinski definition) is 3. The van der Waals surface area contributed by atoms with E-state index in [1.54, 1.807) is 7.11 Å². The van der Waals surface area contributed by atoms with Gasteiger partial charge in [0.2, 0.25) is 5.91 Å². The van der Waals surface area contributed by atoms with Crippen molar-refractivity contribution in [2.45, 2.75) is 38.4 Å². The highest BCUT2D eigenvalue weighted by atomic mass is 16.5. The number of nitrogens with one attached hydrogen (secondary N) is 1. The summed E-state index contributed by atoms with van der Waals surface area (Å²) in [6, 6.07) is 16.3. The Kier molecular flexibility index (Phi) is 5.58. The topological polar surface area (TPSA) is 54.6 Å². The van der Waals surface area contributed by atoms with Gasteiger partial charge in [0.15, 0.2) is 0 Å². The number of amides is 1. The molecule has 0 unspecified atom stereocenters. The van der Waals surface area contributed by atoms with Gasteiger partial charge < -0.3 is 19.4 Å². The first-order valence-corrected chi connectivity index (χ1v) is 10.2. The van der Waals surface area contributed by atoms with Crippen LogP contribution in [0.25, 0.3) is 10.9 Å². The number of nitrogens with zero attached hydrogens (tertiary/aromatic N) is 1. The van der Waals surface area contributed by atoms with Crippen LogP contribution in [0.15, 0.2) is 54.7 Å². The lowest BCUT2D eigenvalue weighted by Gasteiger charge is -2.36. The van der Waals surface area contributed by atoms with E-state index in [0.717, 1.165) is 27.8 Å². The van der Waals surface area contributed by atoms with Gasteiger partial charge in [-0.3, -0.25) is 4.79 Å². The lowest BCUT2D eigenvalue weighted by atomic mass is 9.87. The van der Waals surface area contributed by atoms with Crippen molar-refractivity contribution in [3.63, 3.8) is 0 Å². The second kappa shape index (κ2) is 8.29. The van der Waals surface area contributed by atoms with Crippen LogP contribution >= 0.6 is 0 Å². The number of aromatic amines is 1. The first-order valence-electron chi connectivity index (χ1n) is 10.2. The van der Waals surface area contributed by atoms with E-state index in [1.165, 1.54) is 0 Å². The molecule has 2 heterocycles. The van der Waals surface area contributed by atoms with Gasteiger partial charge in [-0.15, -0.1) is 0 Å². The van der Waals surface area contributed by atoms with Gasteiger partial charge in [-0.05, 0) is 43.2 Å². The zero-order chi connectivity index (χ0) is 20.4. The minimum Gasteiger partial charge on any atom is -0.497 e. The van der Waals surface area contributed by atoms with Crippen LogP contribution in [0.3, 0.4) is 0 Å². The van der Waals surface area contributed by atoms with Crippen LogP contribution in [0, 0.1) is 0 Å². The van der Waals surface area contributed by atoms with Crippen LogP contribution in [0.2, 0.25) is 0 Å². The fourth-order valence-corrected chi connectivity index (χ4v) is 4.31. The summed E-state index contributed by atoms with van der Waals surface area (Å²) < 4.78 is 11.1. The molecule has 152 valence electrons. The highest BCUT2D eigenvalue weighted by Crippen LogP contribution is 2.35. The van der Waals surface area contributed by atoms with Gasteiger partial charge in [0.25, 0.3) is 0 Å². The monoisotopic (exact) mass is 392 g/mol. The van der Waals surface area contributed by atoms with Crippen LogP contribution in [-0.2, 0) is 9.53 Å². The Bertz CT molecular complexity index is 969. The maximum Gasteiger partial charge on any atom is 0.223 e. The highest BCUT2D eigenvalue weighted by molar-refractivity contribution is 5.86. The molecule has 2 aromatic carbocycles. The molecule has 0 spiro atoms. The zero-order valence-electron chi connectivity index (χ0n) is 17.2. The number of fused-ring (bicyclic) bond motifs is 1. The average Bonchev–Trinajstić information content (AvgIpc) is 3.15. The second-order valence-electron chi connectivity index (χ2n) is 7.88. The van der Waals surface area contributed by atoms with E-state index in [0.29, 0.717) is 19.5 Å². The fraction of sp³-hybridized carbons (Fsp3) is 0.375. The molecule has 1 aromatic heterocycles. The molecule has 5 nitrogen and oxygen atoms in total. The number of carbonyl (C=O) groups is 1. The Hall–Kier alpha value is -2.79. The normalized spacial score (nSPS) is 20.6. The van der Waals surface area contributed by atoms with Gasteiger partial charge in [-0.1, -0.05) is 30.3 Å². The van der Waals surface area contributed by atoms with E-state index in [2.05, 4.69) is 29.2 Å². The molecule has 1 fully saturated rings. The Balaban J connectivity index is 1.67. The van der Waals surface area contributed by atoms with E-state index in [-0.39, 0.29) is 24.0 Å². The van der Waals surface area contributed by atoms with Crippen molar-refractivity contribution in [2.75, 3.05) is 20.2 Å². The molecule has 0 saturated carbocycles. The number of methoxy groups -OCH3 is 1.